The fraction of sp³-hybridized carbons (Fsp3) is 0.119. The highest BCUT2D eigenvalue weighted by atomic mass is 16.5. The SMILES string of the molecule is C=Cc1ccc(COC(=O)C=Cc2ccc(N(c3ccc(CCC(=O)OCc4ccc(C=C)cc4)cc3)c3ccc(-c4ccc(N(c5ccc(CCC(=O)OCc6ccc(C=C)cc6)cc5)c5ccc(CCC(=O)OCc6ccc(C=C)cc6)cc5)cc4)cc3)cc2)cc1. The number of rotatable bonds is 30. The van der Waals surface area contributed by atoms with E-state index in [1.54, 1.807) is 30.4 Å². The first-order chi connectivity index (χ1) is 46.0. The molecule has 10 aromatic carbocycles. The van der Waals surface area contributed by atoms with Crippen molar-refractivity contribution in [1.29, 1.82) is 0 Å². The maximum Gasteiger partial charge on any atom is 0.331 e. The highest BCUT2D eigenvalue weighted by Gasteiger charge is 2.18. The molecule has 10 rings (SSSR count). The summed E-state index contributed by atoms with van der Waals surface area (Å²) in [4.78, 5) is 55.7. The normalized spacial score (nSPS) is 10.9. The Morgan fingerprint density at radius 3 is 0.766 bits per heavy atom. The molecule has 0 heterocycles. The monoisotopic (exact) mass is 1240 g/mol. The number of aryl methyl sites for hydroxylation is 3. The molecule has 0 aliphatic carbocycles. The highest BCUT2D eigenvalue weighted by Crippen LogP contribution is 2.39. The molecular formula is C84H74N2O8. The van der Waals surface area contributed by atoms with Gasteiger partial charge in [-0.05, 0) is 176 Å². The molecular weight excluding hydrogens is 1160 g/mol. The summed E-state index contributed by atoms with van der Waals surface area (Å²) in [6.07, 6.45) is 12.6. The first-order valence-electron chi connectivity index (χ1n) is 31.3. The Morgan fingerprint density at radius 2 is 0.500 bits per heavy atom. The summed E-state index contributed by atoms with van der Waals surface area (Å²) in [6, 6.07) is 80.5. The average molecular weight is 1240 g/mol. The molecule has 94 heavy (non-hydrogen) atoms. The van der Waals surface area contributed by atoms with Gasteiger partial charge >= 0.3 is 23.9 Å². The van der Waals surface area contributed by atoms with E-state index in [1.165, 1.54) is 6.08 Å². The lowest BCUT2D eigenvalue weighted by Crippen LogP contribution is -2.11. The van der Waals surface area contributed by atoms with E-state index in [4.69, 9.17) is 18.9 Å². The smallest absolute Gasteiger partial charge is 0.331 e. The zero-order valence-electron chi connectivity index (χ0n) is 52.6. The predicted molar refractivity (Wildman–Crippen MR) is 381 cm³/mol. The number of carbonyl (C=O) groups is 4. The zero-order valence-corrected chi connectivity index (χ0v) is 52.6. The molecule has 10 aromatic rings. The van der Waals surface area contributed by atoms with Gasteiger partial charge in [-0.1, -0.05) is 220 Å². The standard InChI is InChI=1S/C84H74N2O8/c1-5-61-9-17-69(18-10-61)57-91-81(87)53-33-65-25-41-75(42-26-65)85(76-43-27-66(28-44-76)34-54-82(88)92-58-70-19-11-62(6-2)12-20-70)79-49-37-73(38-50-79)74-39-51-80(52-40-74)86(77-45-29-67(30-46-77)35-55-83(89)93-59-71-21-13-63(7-3)14-22-71)78-47-31-68(32-48-78)36-56-84(90)94-60-72-23-15-64(8-4)16-24-72/h5-33,37-53H,1-4,34-36,54-60H2. The Morgan fingerprint density at radius 1 is 0.277 bits per heavy atom. The topological polar surface area (TPSA) is 112 Å². The fourth-order valence-electron chi connectivity index (χ4n) is 10.5. The number of carbonyl (C=O) groups excluding carboxylic acids is 4. The lowest BCUT2D eigenvalue weighted by molar-refractivity contribution is -0.145. The average Bonchev–Trinajstić information content (AvgIpc) is 0.828. The third-order valence-electron chi connectivity index (χ3n) is 16.0. The van der Waals surface area contributed by atoms with Crippen LogP contribution in [0.1, 0.15) is 86.0 Å². The number of anilines is 6. The largest absolute Gasteiger partial charge is 0.461 e. The molecule has 0 saturated carbocycles. The van der Waals surface area contributed by atoms with E-state index in [0.29, 0.717) is 19.3 Å². The first kappa shape index (κ1) is 65.3. The van der Waals surface area contributed by atoms with Gasteiger partial charge in [-0.3, -0.25) is 14.4 Å². The first-order valence-corrected chi connectivity index (χ1v) is 31.3. The highest BCUT2D eigenvalue weighted by molar-refractivity contribution is 5.88. The van der Waals surface area contributed by atoms with Crippen LogP contribution < -0.4 is 9.80 Å². The predicted octanol–water partition coefficient (Wildman–Crippen LogP) is 19.6. The molecule has 0 radical (unpaired) electrons. The Bertz CT molecular complexity index is 4100. The molecule has 0 spiro atoms. The maximum atomic E-state index is 12.9. The van der Waals surface area contributed by atoms with Crippen LogP contribution in [0.4, 0.5) is 34.1 Å². The lowest BCUT2D eigenvalue weighted by atomic mass is 10.0. The van der Waals surface area contributed by atoms with Gasteiger partial charge in [-0.2, -0.15) is 0 Å². The molecule has 10 nitrogen and oxygen atoms in total. The van der Waals surface area contributed by atoms with Gasteiger partial charge in [-0.25, -0.2) is 4.79 Å². The van der Waals surface area contributed by atoms with Gasteiger partial charge in [0.05, 0.1) is 0 Å². The van der Waals surface area contributed by atoms with E-state index < -0.39 is 5.97 Å². The van der Waals surface area contributed by atoms with E-state index in [-0.39, 0.29) is 63.6 Å². The van der Waals surface area contributed by atoms with Crippen molar-refractivity contribution < 1.29 is 38.1 Å². The lowest BCUT2D eigenvalue weighted by Gasteiger charge is -2.26. The summed E-state index contributed by atoms with van der Waals surface area (Å²) in [6.45, 7) is 16.0. The van der Waals surface area contributed by atoms with Crippen LogP contribution in [0.3, 0.4) is 0 Å². The molecule has 0 amide bonds. The summed E-state index contributed by atoms with van der Waals surface area (Å²) in [5, 5.41) is 0. The minimum absolute atomic E-state index is 0.160. The molecule has 0 N–H and O–H groups in total. The van der Waals surface area contributed by atoms with Gasteiger partial charge < -0.3 is 28.7 Å². The van der Waals surface area contributed by atoms with Crippen molar-refractivity contribution in [1.82, 2.24) is 0 Å². The molecule has 0 atom stereocenters. The number of hydrogen-bond acceptors (Lipinski definition) is 10. The van der Waals surface area contributed by atoms with Crippen LogP contribution in [0.25, 0.3) is 41.5 Å². The molecule has 0 aromatic heterocycles. The Kier molecular flexibility index (Phi) is 22.9. The molecule has 0 fully saturated rings. The molecule has 0 bridgehead atoms. The number of nitrogens with zero attached hydrogens (tertiary/aromatic N) is 2. The molecule has 0 unspecified atom stereocenters. The molecule has 0 saturated heterocycles. The van der Waals surface area contributed by atoms with Crippen molar-refractivity contribution >= 4 is 88.4 Å². The number of benzene rings is 10. The van der Waals surface area contributed by atoms with Crippen molar-refractivity contribution in [2.75, 3.05) is 9.80 Å². The van der Waals surface area contributed by atoms with Crippen molar-refractivity contribution in [3.63, 3.8) is 0 Å². The van der Waals surface area contributed by atoms with Crippen LogP contribution in [0, 0.1) is 0 Å². The Hall–Kier alpha value is -11.6. The van der Waals surface area contributed by atoms with Crippen LogP contribution in [-0.4, -0.2) is 23.9 Å². The van der Waals surface area contributed by atoms with Crippen molar-refractivity contribution in [3.05, 3.63) is 342 Å². The molecule has 0 aliphatic heterocycles. The molecule has 10 heteroatoms. The Labute approximate surface area is 551 Å². The Balaban J connectivity index is 0.848. The third-order valence-corrected chi connectivity index (χ3v) is 16.0. The van der Waals surface area contributed by atoms with Gasteiger partial charge in [0.1, 0.15) is 26.4 Å². The second-order valence-electron chi connectivity index (χ2n) is 22.6. The van der Waals surface area contributed by atoms with Gasteiger partial charge in [0, 0.05) is 59.5 Å². The summed E-state index contributed by atoms with van der Waals surface area (Å²) >= 11 is 0. The van der Waals surface area contributed by atoms with Gasteiger partial charge in [0.2, 0.25) is 0 Å². The van der Waals surface area contributed by atoms with Gasteiger partial charge in [0.15, 0.2) is 0 Å². The fourth-order valence-corrected chi connectivity index (χ4v) is 10.5. The molecule has 0 aliphatic rings. The summed E-state index contributed by atoms with van der Waals surface area (Å²) < 4.78 is 22.4. The minimum Gasteiger partial charge on any atom is -0.461 e. The van der Waals surface area contributed by atoms with Crippen LogP contribution in [0.5, 0.6) is 0 Å². The van der Waals surface area contributed by atoms with Gasteiger partial charge in [0.25, 0.3) is 0 Å². The number of ether oxygens (including phenoxy) is 4. The zero-order chi connectivity index (χ0) is 65.4. The van der Waals surface area contributed by atoms with Crippen molar-refractivity contribution in [2.24, 2.45) is 0 Å². The van der Waals surface area contributed by atoms with E-state index in [9.17, 15) is 19.2 Å². The quantitative estimate of drug-likeness (QED) is 0.0245. The van der Waals surface area contributed by atoms with Crippen LogP contribution in [-0.2, 0) is 83.8 Å². The van der Waals surface area contributed by atoms with Crippen molar-refractivity contribution in [2.45, 2.75) is 65.0 Å². The minimum atomic E-state index is -0.443. The van der Waals surface area contributed by atoms with Crippen LogP contribution in [0.2, 0.25) is 0 Å². The molecule has 468 valence electrons. The number of esters is 4. The van der Waals surface area contributed by atoms with E-state index in [0.717, 1.165) is 112 Å². The van der Waals surface area contributed by atoms with E-state index >= 15 is 0 Å². The van der Waals surface area contributed by atoms with E-state index in [1.807, 2.05) is 133 Å². The van der Waals surface area contributed by atoms with Crippen molar-refractivity contribution in [3.8, 4) is 11.1 Å². The number of hydrogen-bond donors (Lipinski definition) is 0. The maximum absolute atomic E-state index is 12.9. The summed E-state index contributed by atoms with van der Waals surface area (Å²) in [5.74, 6) is -1.24. The van der Waals surface area contributed by atoms with Crippen LogP contribution >= 0.6 is 0 Å². The third kappa shape index (κ3) is 18.7. The second kappa shape index (κ2) is 32.9. The van der Waals surface area contributed by atoms with Crippen LogP contribution in [0.15, 0.2) is 275 Å². The van der Waals surface area contributed by atoms with Gasteiger partial charge in [-0.15, -0.1) is 0 Å². The van der Waals surface area contributed by atoms with E-state index in [2.05, 4.69) is 145 Å². The summed E-state index contributed by atoms with van der Waals surface area (Å²) in [7, 11) is 0. The second-order valence-corrected chi connectivity index (χ2v) is 22.6. The summed E-state index contributed by atoms with van der Waals surface area (Å²) in [5.41, 5.74) is 19.0.